The van der Waals surface area contributed by atoms with E-state index in [0.717, 1.165) is 11.1 Å². The van der Waals surface area contributed by atoms with Crippen LogP contribution < -0.4 is 14.8 Å². The summed E-state index contributed by atoms with van der Waals surface area (Å²) in [4.78, 5) is 11.2. The van der Waals surface area contributed by atoms with Gasteiger partial charge in [-0.1, -0.05) is 6.92 Å². The predicted molar refractivity (Wildman–Crippen MR) is 90.7 cm³/mol. The average Bonchev–Trinajstić information content (AvgIpc) is 2.59. The lowest BCUT2D eigenvalue weighted by atomic mass is 10.0. The van der Waals surface area contributed by atoms with Crippen LogP contribution in [0.2, 0.25) is 0 Å². The van der Waals surface area contributed by atoms with E-state index in [4.69, 9.17) is 9.47 Å². The Morgan fingerprint density at radius 1 is 1.21 bits per heavy atom. The van der Waals surface area contributed by atoms with E-state index in [1.54, 1.807) is 21.1 Å². The molecule has 0 radical (unpaired) electrons. The quantitative estimate of drug-likeness (QED) is 0.785. The van der Waals surface area contributed by atoms with Crippen molar-refractivity contribution in [3.63, 3.8) is 0 Å². The van der Waals surface area contributed by atoms with Crippen LogP contribution in [0.15, 0.2) is 12.1 Å². The van der Waals surface area contributed by atoms with Gasteiger partial charge >= 0.3 is 0 Å². The minimum Gasteiger partial charge on any atom is -0.493 e. The van der Waals surface area contributed by atoms with Crippen molar-refractivity contribution >= 4 is 15.9 Å². The van der Waals surface area contributed by atoms with Gasteiger partial charge in [-0.25, -0.2) is 8.42 Å². The number of amides is 1. The Kier molecular flexibility index (Phi) is 6.06. The summed E-state index contributed by atoms with van der Waals surface area (Å²) in [7, 11) is -0.287. The zero-order chi connectivity index (χ0) is 17.7. The highest BCUT2D eigenvalue weighted by atomic mass is 32.2. The van der Waals surface area contributed by atoms with E-state index in [9.17, 15) is 13.2 Å². The summed E-state index contributed by atoms with van der Waals surface area (Å²) < 4.78 is 37.0. The number of ether oxygens (including phenoxy) is 2. The SMILES string of the molecule is CCC(=O)NCCS(=O)(=O)N1CCc2cc(OC)c(OC)cc2C1. The second-order valence-electron chi connectivity index (χ2n) is 5.58. The number of methoxy groups -OCH3 is 2. The standard InChI is InChI=1S/C16H24N2O5S/c1-4-16(19)17-6-8-24(20,21)18-7-5-12-9-14(22-2)15(23-3)10-13(12)11-18/h9-10H,4-8,11H2,1-3H3,(H,17,19). The fraction of sp³-hybridized carbons (Fsp3) is 0.562. The minimum absolute atomic E-state index is 0.0959. The number of carbonyl (C=O) groups is 1. The number of carbonyl (C=O) groups excluding carboxylic acids is 1. The maximum atomic E-state index is 12.5. The van der Waals surface area contributed by atoms with Crippen LogP contribution in [-0.4, -0.2) is 51.7 Å². The van der Waals surface area contributed by atoms with E-state index in [-0.39, 0.29) is 18.2 Å². The first-order valence-corrected chi connectivity index (χ1v) is 9.50. The topological polar surface area (TPSA) is 84.9 Å². The smallest absolute Gasteiger partial charge is 0.219 e. The van der Waals surface area contributed by atoms with Gasteiger partial charge in [0.1, 0.15) is 0 Å². The molecule has 0 bridgehead atoms. The van der Waals surface area contributed by atoms with Crippen molar-refractivity contribution in [2.24, 2.45) is 0 Å². The number of sulfonamides is 1. The van der Waals surface area contributed by atoms with Crippen LogP contribution in [0, 0.1) is 0 Å². The second kappa shape index (κ2) is 7.85. The van der Waals surface area contributed by atoms with Crippen LogP contribution in [0.5, 0.6) is 11.5 Å². The third-order valence-corrected chi connectivity index (χ3v) is 5.90. The van der Waals surface area contributed by atoms with Crippen LogP contribution >= 0.6 is 0 Å². The number of hydrogen-bond donors (Lipinski definition) is 1. The summed E-state index contributed by atoms with van der Waals surface area (Å²) in [5.74, 6) is 0.994. The Morgan fingerprint density at radius 2 is 1.83 bits per heavy atom. The van der Waals surface area contributed by atoms with Crippen LogP contribution in [0.4, 0.5) is 0 Å². The molecule has 0 saturated heterocycles. The Labute approximate surface area is 143 Å². The molecule has 0 aromatic heterocycles. The van der Waals surface area contributed by atoms with Gasteiger partial charge in [-0.3, -0.25) is 4.79 Å². The first-order valence-electron chi connectivity index (χ1n) is 7.89. The van der Waals surface area contributed by atoms with Gasteiger partial charge in [0.25, 0.3) is 0 Å². The summed E-state index contributed by atoms with van der Waals surface area (Å²) in [6.07, 6.45) is 0.967. The summed E-state index contributed by atoms with van der Waals surface area (Å²) in [5.41, 5.74) is 1.98. The summed E-state index contributed by atoms with van der Waals surface area (Å²) in [6.45, 7) is 2.59. The van der Waals surface area contributed by atoms with E-state index >= 15 is 0 Å². The molecule has 0 spiro atoms. The Morgan fingerprint density at radius 3 is 2.42 bits per heavy atom. The monoisotopic (exact) mass is 356 g/mol. The van der Waals surface area contributed by atoms with Crippen LogP contribution in [0.3, 0.4) is 0 Å². The normalized spacial score (nSPS) is 14.8. The highest BCUT2D eigenvalue weighted by molar-refractivity contribution is 7.89. The van der Waals surface area contributed by atoms with Crippen molar-refractivity contribution in [2.75, 3.05) is 33.1 Å². The third-order valence-electron chi connectivity index (χ3n) is 4.08. The third kappa shape index (κ3) is 4.18. The largest absolute Gasteiger partial charge is 0.493 e. The van der Waals surface area contributed by atoms with Crippen molar-refractivity contribution in [2.45, 2.75) is 26.3 Å². The molecule has 8 heteroatoms. The number of fused-ring (bicyclic) bond motifs is 1. The molecule has 0 fully saturated rings. The van der Waals surface area contributed by atoms with Gasteiger partial charge < -0.3 is 14.8 Å². The van der Waals surface area contributed by atoms with E-state index in [1.807, 2.05) is 12.1 Å². The molecule has 0 unspecified atom stereocenters. The minimum atomic E-state index is -3.42. The molecule has 24 heavy (non-hydrogen) atoms. The fourth-order valence-electron chi connectivity index (χ4n) is 2.67. The molecular weight excluding hydrogens is 332 g/mol. The predicted octanol–water partition coefficient (Wildman–Crippen LogP) is 0.918. The molecule has 0 atom stereocenters. The lowest BCUT2D eigenvalue weighted by molar-refractivity contribution is -0.120. The molecule has 1 heterocycles. The molecule has 134 valence electrons. The van der Waals surface area contributed by atoms with E-state index in [0.29, 0.717) is 37.4 Å². The molecule has 0 aliphatic carbocycles. The Balaban J connectivity index is 2.09. The highest BCUT2D eigenvalue weighted by Gasteiger charge is 2.27. The van der Waals surface area contributed by atoms with Gasteiger partial charge in [0, 0.05) is 26.1 Å². The lowest BCUT2D eigenvalue weighted by Crippen LogP contribution is -2.40. The average molecular weight is 356 g/mol. The zero-order valence-electron chi connectivity index (χ0n) is 14.3. The van der Waals surface area contributed by atoms with E-state index in [2.05, 4.69) is 5.32 Å². The van der Waals surface area contributed by atoms with Gasteiger partial charge in [-0.15, -0.1) is 0 Å². The fourth-order valence-corrected chi connectivity index (χ4v) is 3.99. The van der Waals surface area contributed by atoms with Crippen molar-refractivity contribution in [3.8, 4) is 11.5 Å². The van der Waals surface area contributed by atoms with Gasteiger partial charge in [-0.2, -0.15) is 4.31 Å². The van der Waals surface area contributed by atoms with Gasteiger partial charge in [-0.05, 0) is 29.7 Å². The second-order valence-corrected chi connectivity index (χ2v) is 7.67. The molecule has 1 aromatic carbocycles. The maximum Gasteiger partial charge on any atom is 0.219 e. The molecule has 1 aromatic rings. The molecule has 2 rings (SSSR count). The van der Waals surface area contributed by atoms with Crippen molar-refractivity contribution in [1.82, 2.24) is 9.62 Å². The lowest BCUT2D eigenvalue weighted by Gasteiger charge is -2.29. The molecule has 1 N–H and O–H groups in total. The van der Waals surface area contributed by atoms with Crippen LogP contribution in [-0.2, 0) is 27.8 Å². The van der Waals surface area contributed by atoms with Crippen LogP contribution in [0.1, 0.15) is 24.5 Å². The molecule has 1 aliphatic rings. The summed E-state index contributed by atoms with van der Waals surface area (Å²) in [5, 5.41) is 2.60. The van der Waals surface area contributed by atoms with Crippen molar-refractivity contribution in [1.29, 1.82) is 0 Å². The number of hydrogen-bond acceptors (Lipinski definition) is 5. The first kappa shape index (κ1) is 18.5. The van der Waals surface area contributed by atoms with Gasteiger partial charge in [0.05, 0.1) is 20.0 Å². The number of nitrogens with one attached hydrogen (secondary N) is 1. The van der Waals surface area contributed by atoms with Crippen LogP contribution in [0.25, 0.3) is 0 Å². The van der Waals surface area contributed by atoms with Crippen molar-refractivity contribution < 1.29 is 22.7 Å². The Hall–Kier alpha value is -1.80. The molecule has 1 amide bonds. The maximum absolute atomic E-state index is 12.5. The molecule has 1 aliphatic heterocycles. The highest BCUT2D eigenvalue weighted by Crippen LogP contribution is 2.33. The Bertz CT molecular complexity index is 703. The number of nitrogens with zero attached hydrogens (tertiary/aromatic N) is 1. The summed E-state index contributed by atoms with van der Waals surface area (Å²) >= 11 is 0. The van der Waals surface area contributed by atoms with E-state index < -0.39 is 10.0 Å². The zero-order valence-corrected chi connectivity index (χ0v) is 15.1. The molecular formula is C16H24N2O5S. The van der Waals surface area contributed by atoms with Crippen molar-refractivity contribution in [3.05, 3.63) is 23.3 Å². The molecule has 7 nitrogen and oxygen atoms in total. The first-order chi connectivity index (χ1) is 11.4. The summed E-state index contributed by atoms with van der Waals surface area (Å²) in [6, 6.07) is 3.73. The van der Waals surface area contributed by atoms with E-state index in [1.165, 1.54) is 4.31 Å². The number of benzene rings is 1. The van der Waals surface area contributed by atoms with Gasteiger partial charge in [0.2, 0.25) is 15.9 Å². The van der Waals surface area contributed by atoms with Gasteiger partial charge in [0.15, 0.2) is 11.5 Å². The molecule has 0 saturated carbocycles. The number of rotatable bonds is 7.